The Balaban J connectivity index is 1.96. The molecule has 5 heteroatoms. The van der Waals surface area contributed by atoms with Gasteiger partial charge in [-0.3, -0.25) is 0 Å². The molecule has 0 aliphatic carbocycles. The van der Waals surface area contributed by atoms with Crippen molar-refractivity contribution in [1.29, 1.82) is 0 Å². The largest absolute Gasteiger partial charge is 0.360 e. The highest BCUT2D eigenvalue weighted by molar-refractivity contribution is 6.30. The molecular formula is C15H11ClN2O2. The lowest BCUT2D eigenvalue weighted by Crippen LogP contribution is -2.36. The quantitative estimate of drug-likeness (QED) is 0.923. The van der Waals surface area contributed by atoms with Crippen LogP contribution in [0.25, 0.3) is 0 Å². The van der Waals surface area contributed by atoms with E-state index in [0.29, 0.717) is 10.9 Å². The average molecular weight is 287 g/mol. The van der Waals surface area contributed by atoms with Crippen LogP contribution in [-0.4, -0.2) is 11.8 Å². The number of hydrogen-bond acceptors (Lipinski definition) is 4. The van der Waals surface area contributed by atoms with Gasteiger partial charge in [0, 0.05) is 10.6 Å². The minimum atomic E-state index is -0.650. The van der Waals surface area contributed by atoms with Gasteiger partial charge in [-0.15, -0.1) is 0 Å². The second-order valence-corrected chi connectivity index (χ2v) is 4.76. The highest BCUT2D eigenvalue weighted by atomic mass is 35.5. The number of carbonyl (C=O) groups excluding carboxylic acids is 1. The zero-order valence-corrected chi connectivity index (χ0v) is 11.2. The van der Waals surface area contributed by atoms with E-state index in [9.17, 15) is 4.79 Å². The van der Waals surface area contributed by atoms with Gasteiger partial charge >= 0.3 is 5.97 Å². The van der Waals surface area contributed by atoms with Crippen molar-refractivity contribution in [2.75, 3.05) is 0 Å². The first kappa shape index (κ1) is 12.7. The summed E-state index contributed by atoms with van der Waals surface area (Å²) in [5.41, 5.74) is 4.17. The molecule has 100 valence electrons. The van der Waals surface area contributed by atoms with E-state index >= 15 is 0 Å². The fraction of sp³-hybridized carbons (Fsp3) is 0.0667. The van der Waals surface area contributed by atoms with Crippen LogP contribution in [0.3, 0.4) is 0 Å². The molecule has 1 heterocycles. The lowest BCUT2D eigenvalue weighted by Gasteiger charge is -2.20. The van der Waals surface area contributed by atoms with Crippen LogP contribution >= 0.6 is 11.6 Å². The molecule has 0 saturated carbocycles. The monoisotopic (exact) mass is 286 g/mol. The number of amidine groups is 1. The normalized spacial score (nSPS) is 17.9. The number of aliphatic imine (C=N–C) groups is 1. The summed E-state index contributed by atoms with van der Waals surface area (Å²) in [5.74, 6) is 0.0871. The molecule has 1 aliphatic heterocycles. The molecule has 0 saturated heterocycles. The van der Waals surface area contributed by atoms with Crippen molar-refractivity contribution in [3.05, 3.63) is 70.7 Å². The second-order valence-electron chi connectivity index (χ2n) is 4.32. The molecule has 4 nitrogen and oxygen atoms in total. The Morgan fingerprint density at radius 2 is 1.75 bits per heavy atom. The molecule has 1 aliphatic rings. The standard InChI is InChI=1S/C15H11ClN2O2/c16-12-8-6-11(7-9-12)14-17-13(15(19)20-18-14)10-4-2-1-3-5-10/h1-9,13H,(H,17,18). The van der Waals surface area contributed by atoms with Gasteiger partial charge in [0.2, 0.25) is 0 Å². The lowest BCUT2D eigenvalue weighted by molar-refractivity contribution is -0.150. The maximum atomic E-state index is 11.8. The molecule has 0 radical (unpaired) electrons. The van der Waals surface area contributed by atoms with Crippen LogP contribution in [0.1, 0.15) is 17.2 Å². The van der Waals surface area contributed by atoms with Crippen molar-refractivity contribution in [3.8, 4) is 0 Å². The molecule has 1 unspecified atom stereocenters. The number of hydroxylamine groups is 1. The summed E-state index contributed by atoms with van der Waals surface area (Å²) in [5, 5.41) is 0.641. The fourth-order valence-corrected chi connectivity index (χ4v) is 2.08. The third kappa shape index (κ3) is 2.51. The first-order valence-corrected chi connectivity index (χ1v) is 6.47. The topological polar surface area (TPSA) is 50.7 Å². The van der Waals surface area contributed by atoms with Gasteiger partial charge in [-0.25, -0.2) is 15.3 Å². The number of benzene rings is 2. The van der Waals surface area contributed by atoms with Crippen LogP contribution in [0.4, 0.5) is 0 Å². The molecule has 0 spiro atoms. The molecule has 2 aromatic carbocycles. The van der Waals surface area contributed by atoms with Crippen molar-refractivity contribution >= 4 is 23.4 Å². The van der Waals surface area contributed by atoms with Gasteiger partial charge in [0.15, 0.2) is 11.9 Å². The smallest absolute Gasteiger partial charge is 0.339 e. The number of hydrogen-bond donors (Lipinski definition) is 1. The summed E-state index contributed by atoms with van der Waals surface area (Å²) in [6, 6.07) is 15.8. The van der Waals surface area contributed by atoms with Gasteiger partial charge in [0.1, 0.15) is 0 Å². The fourth-order valence-electron chi connectivity index (χ4n) is 1.95. The predicted molar refractivity (Wildman–Crippen MR) is 76.4 cm³/mol. The van der Waals surface area contributed by atoms with Crippen LogP contribution in [0.2, 0.25) is 5.02 Å². The zero-order chi connectivity index (χ0) is 13.9. The first-order chi connectivity index (χ1) is 9.74. The molecule has 0 fully saturated rings. The van der Waals surface area contributed by atoms with Gasteiger partial charge in [-0.05, 0) is 29.8 Å². The lowest BCUT2D eigenvalue weighted by atomic mass is 10.1. The van der Waals surface area contributed by atoms with Gasteiger partial charge in [0.25, 0.3) is 0 Å². The number of nitrogens with zero attached hydrogens (tertiary/aromatic N) is 1. The number of nitrogens with one attached hydrogen (secondary N) is 1. The third-order valence-electron chi connectivity index (χ3n) is 2.96. The maximum Gasteiger partial charge on any atom is 0.360 e. The molecule has 20 heavy (non-hydrogen) atoms. The molecule has 2 aromatic rings. The van der Waals surface area contributed by atoms with E-state index in [-0.39, 0.29) is 0 Å². The van der Waals surface area contributed by atoms with Crippen molar-refractivity contribution < 1.29 is 9.63 Å². The van der Waals surface area contributed by atoms with Gasteiger partial charge in [-0.1, -0.05) is 41.9 Å². The minimum absolute atomic E-state index is 0.422. The second kappa shape index (κ2) is 5.35. The minimum Gasteiger partial charge on any atom is -0.339 e. The van der Waals surface area contributed by atoms with E-state index in [1.54, 1.807) is 12.1 Å². The molecule has 1 atom stereocenters. The van der Waals surface area contributed by atoms with Crippen LogP contribution in [0, 0.1) is 0 Å². The SMILES string of the molecule is O=C1ONC(c2ccc(Cl)cc2)=NC1c1ccccc1. The Hall–Kier alpha value is -2.33. The van der Waals surface area contributed by atoms with Crippen molar-refractivity contribution in [2.45, 2.75) is 6.04 Å². The number of rotatable bonds is 2. The van der Waals surface area contributed by atoms with E-state index in [1.165, 1.54) is 0 Å². The van der Waals surface area contributed by atoms with Crippen molar-refractivity contribution in [1.82, 2.24) is 5.48 Å². The van der Waals surface area contributed by atoms with E-state index in [2.05, 4.69) is 10.5 Å². The number of carbonyl (C=O) groups is 1. The summed E-state index contributed by atoms with van der Waals surface area (Å²) in [7, 11) is 0. The van der Waals surface area contributed by atoms with Crippen LogP contribution in [0.15, 0.2) is 59.6 Å². The Bertz CT molecular complexity index is 653. The Morgan fingerprint density at radius 1 is 1.05 bits per heavy atom. The number of halogens is 1. The molecule has 0 amide bonds. The van der Waals surface area contributed by atoms with Crippen LogP contribution in [-0.2, 0) is 9.63 Å². The Morgan fingerprint density at radius 3 is 2.45 bits per heavy atom. The van der Waals surface area contributed by atoms with E-state index in [1.807, 2.05) is 42.5 Å². The molecule has 0 bridgehead atoms. The Labute approximate surface area is 121 Å². The maximum absolute atomic E-state index is 11.8. The highest BCUT2D eigenvalue weighted by Gasteiger charge is 2.27. The van der Waals surface area contributed by atoms with Crippen LogP contribution < -0.4 is 5.48 Å². The van der Waals surface area contributed by atoms with Gasteiger partial charge < -0.3 is 4.84 Å². The van der Waals surface area contributed by atoms with Crippen molar-refractivity contribution in [3.63, 3.8) is 0 Å². The van der Waals surface area contributed by atoms with E-state index < -0.39 is 12.0 Å². The van der Waals surface area contributed by atoms with Gasteiger partial charge in [0.05, 0.1) is 0 Å². The molecule has 3 rings (SSSR count). The molecular weight excluding hydrogens is 276 g/mol. The zero-order valence-electron chi connectivity index (χ0n) is 10.4. The third-order valence-corrected chi connectivity index (χ3v) is 3.21. The predicted octanol–water partition coefficient (Wildman–Crippen LogP) is 2.89. The van der Waals surface area contributed by atoms with E-state index in [0.717, 1.165) is 11.1 Å². The molecule has 1 N–H and O–H groups in total. The van der Waals surface area contributed by atoms with Crippen LogP contribution in [0.5, 0.6) is 0 Å². The average Bonchev–Trinajstić information content (AvgIpc) is 2.50. The van der Waals surface area contributed by atoms with Gasteiger partial charge in [-0.2, -0.15) is 0 Å². The van der Waals surface area contributed by atoms with E-state index in [4.69, 9.17) is 16.4 Å². The Kier molecular flexibility index (Phi) is 3.39. The summed E-state index contributed by atoms with van der Waals surface area (Å²) in [4.78, 5) is 21.2. The summed E-state index contributed by atoms with van der Waals surface area (Å²) in [6.07, 6.45) is 0. The molecule has 0 aromatic heterocycles. The van der Waals surface area contributed by atoms with Crippen molar-refractivity contribution in [2.24, 2.45) is 4.99 Å². The summed E-state index contributed by atoms with van der Waals surface area (Å²) in [6.45, 7) is 0. The first-order valence-electron chi connectivity index (χ1n) is 6.09. The summed E-state index contributed by atoms with van der Waals surface area (Å²) >= 11 is 5.85. The highest BCUT2D eigenvalue weighted by Crippen LogP contribution is 2.22. The summed E-state index contributed by atoms with van der Waals surface area (Å²) < 4.78 is 0.